The average Bonchev–Trinajstić information content (AvgIpc) is 2.74. The van der Waals surface area contributed by atoms with E-state index in [9.17, 15) is 4.79 Å². The van der Waals surface area contributed by atoms with Gasteiger partial charge in [0.15, 0.2) is 0 Å². The molecule has 0 bridgehead atoms. The van der Waals surface area contributed by atoms with Crippen LogP contribution in [-0.4, -0.2) is 23.0 Å². The molecule has 2 rings (SSSR count). The van der Waals surface area contributed by atoms with Crippen LogP contribution in [0.25, 0.3) is 11.0 Å². The Kier molecular flexibility index (Phi) is 3.65. The van der Waals surface area contributed by atoms with Gasteiger partial charge in [0.1, 0.15) is 5.82 Å². The number of benzene rings is 1. The van der Waals surface area contributed by atoms with Gasteiger partial charge in [-0.05, 0) is 37.5 Å². The molecule has 1 N–H and O–H groups in total. The topological polar surface area (TPSA) is 55.0 Å². The van der Waals surface area contributed by atoms with Crippen molar-refractivity contribution in [2.45, 2.75) is 26.7 Å². The summed E-state index contributed by atoms with van der Waals surface area (Å²) in [5, 5.41) is 0. The summed E-state index contributed by atoms with van der Waals surface area (Å²) in [6.07, 6.45) is 1.49. The number of esters is 1. The van der Waals surface area contributed by atoms with E-state index in [1.54, 1.807) is 0 Å². The minimum atomic E-state index is -0.140. The van der Waals surface area contributed by atoms with Gasteiger partial charge in [-0.15, -0.1) is 0 Å². The van der Waals surface area contributed by atoms with Crippen LogP contribution in [0.5, 0.6) is 0 Å². The van der Waals surface area contributed by atoms with Crippen LogP contribution in [0, 0.1) is 12.8 Å². The van der Waals surface area contributed by atoms with E-state index in [4.69, 9.17) is 4.74 Å². The van der Waals surface area contributed by atoms with Gasteiger partial charge in [-0.1, -0.05) is 13.0 Å². The molecule has 4 nitrogen and oxygen atoms in total. The average molecular weight is 246 g/mol. The van der Waals surface area contributed by atoms with Crippen LogP contribution in [0.4, 0.5) is 0 Å². The summed E-state index contributed by atoms with van der Waals surface area (Å²) in [6, 6.07) is 6.06. The van der Waals surface area contributed by atoms with Crippen molar-refractivity contribution in [3.8, 4) is 0 Å². The number of imidazole rings is 1. The number of ether oxygens (including phenoxy) is 1. The van der Waals surface area contributed by atoms with Gasteiger partial charge in [0.05, 0.1) is 24.1 Å². The Morgan fingerprint density at radius 1 is 1.50 bits per heavy atom. The maximum atomic E-state index is 11.6. The molecule has 0 aliphatic carbocycles. The van der Waals surface area contributed by atoms with Crippen LogP contribution in [0.3, 0.4) is 0 Å². The molecule has 1 atom stereocenters. The van der Waals surface area contributed by atoms with Crippen molar-refractivity contribution in [2.24, 2.45) is 5.92 Å². The minimum Gasteiger partial charge on any atom is -0.469 e. The molecule has 0 radical (unpaired) electrons. The second-order valence-corrected chi connectivity index (χ2v) is 4.51. The minimum absolute atomic E-state index is 0.0727. The Hall–Kier alpha value is -1.84. The summed E-state index contributed by atoms with van der Waals surface area (Å²) in [5.74, 6) is 0.692. The Morgan fingerprint density at radius 3 is 2.94 bits per heavy atom. The Balaban J connectivity index is 2.22. The van der Waals surface area contributed by atoms with Crippen molar-refractivity contribution in [3.05, 3.63) is 29.6 Å². The lowest BCUT2D eigenvalue weighted by atomic mass is 9.97. The van der Waals surface area contributed by atoms with E-state index < -0.39 is 0 Å². The third-order valence-corrected chi connectivity index (χ3v) is 3.17. The zero-order valence-corrected chi connectivity index (χ0v) is 11.0. The lowest BCUT2D eigenvalue weighted by Crippen LogP contribution is -2.17. The number of fused-ring (bicyclic) bond motifs is 1. The van der Waals surface area contributed by atoms with Crippen LogP contribution in [-0.2, 0) is 16.0 Å². The van der Waals surface area contributed by atoms with E-state index in [0.717, 1.165) is 28.8 Å². The lowest BCUT2D eigenvalue weighted by Gasteiger charge is -2.12. The number of aromatic amines is 1. The first-order valence-corrected chi connectivity index (χ1v) is 6.17. The summed E-state index contributed by atoms with van der Waals surface area (Å²) in [6.45, 7) is 3.93. The summed E-state index contributed by atoms with van der Waals surface area (Å²) in [7, 11) is 1.44. The standard InChI is InChI=1S/C14H18N2O2/c1-4-11(14(17)18-3)7-10-5-6-12-13(8-10)16-9(2)15-12/h5-6,8,11H,4,7H2,1-3H3,(H,15,16). The zero-order chi connectivity index (χ0) is 13.1. The highest BCUT2D eigenvalue weighted by Gasteiger charge is 2.17. The number of H-pyrrole nitrogens is 1. The van der Waals surface area contributed by atoms with Gasteiger partial charge in [-0.25, -0.2) is 4.98 Å². The molecule has 1 heterocycles. The molecule has 0 saturated carbocycles. The van der Waals surface area contributed by atoms with Crippen molar-refractivity contribution >= 4 is 17.0 Å². The SMILES string of the molecule is CCC(Cc1ccc2nc(C)[nH]c2c1)C(=O)OC. The number of aromatic nitrogens is 2. The monoisotopic (exact) mass is 246 g/mol. The molecule has 0 spiro atoms. The maximum absolute atomic E-state index is 11.6. The van der Waals surface area contributed by atoms with Crippen molar-refractivity contribution in [1.29, 1.82) is 0 Å². The first kappa shape index (κ1) is 12.6. The van der Waals surface area contributed by atoms with Crippen LogP contribution in [0.1, 0.15) is 24.7 Å². The molecule has 0 aliphatic heterocycles. The first-order chi connectivity index (χ1) is 8.63. The summed E-state index contributed by atoms with van der Waals surface area (Å²) in [4.78, 5) is 19.1. The van der Waals surface area contributed by atoms with Gasteiger partial charge in [0.25, 0.3) is 0 Å². The van der Waals surface area contributed by atoms with Gasteiger partial charge in [-0.3, -0.25) is 4.79 Å². The Morgan fingerprint density at radius 2 is 2.28 bits per heavy atom. The number of carbonyl (C=O) groups excluding carboxylic acids is 1. The van der Waals surface area contributed by atoms with E-state index in [1.165, 1.54) is 7.11 Å². The molecule has 0 amide bonds. The van der Waals surface area contributed by atoms with Gasteiger partial charge in [0.2, 0.25) is 0 Å². The predicted molar refractivity (Wildman–Crippen MR) is 70.3 cm³/mol. The second-order valence-electron chi connectivity index (χ2n) is 4.51. The molecular weight excluding hydrogens is 228 g/mol. The molecule has 1 aromatic heterocycles. The van der Waals surface area contributed by atoms with Crippen molar-refractivity contribution in [2.75, 3.05) is 7.11 Å². The van der Waals surface area contributed by atoms with E-state index >= 15 is 0 Å². The summed E-state index contributed by atoms with van der Waals surface area (Å²) < 4.78 is 4.81. The van der Waals surface area contributed by atoms with E-state index in [1.807, 2.05) is 26.0 Å². The molecule has 0 aliphatic rings. The number of methoxy groups -OCH3 is 1. The zero-order valence-electron chi connectivity index (χ0n) is 11.0. The molecule has 96 valence electrons. The maximum Gasteiger partial charge on any atom is 0.308 e. The highest BCUT2D eigenvalue weighted by atomic mass is 16.5. The lowest BCUT2D eigenvalue weighted by molar-refractivity contribution is -0.145. The molecule has 1 aromatic carbocycles. The Bertz CT molecular complexity index is 560. The predicted octanol–water partition coefficient (Wildman–Crippen LogP) is 2.61. The number of rotatable bonds is 4. The highest BCUT2D eigenvalue weighted by molar-refractivity contribution is 5.76. The van der Waals surface area contributed by atoms with E-state index in [0.29, 0.717) is 6.42 Å². The summed E-state index contributed by atoms with van der Waals surface area (Å²) in [5.41, 5.74) is 3.11. The number of aryl methyl sites for hydroxylation is 1. The second kappa shape index (κ2) is 5.21. The van der Waals surface area contributed by atoms with Crippen LogP contribution < -0.4 is 0 Å². The number of hydrogen-bond donors (Lipinski definition) is 1. The molecule has 0 fully saturated rings. The van der Waals surface area contributed by atoms with Crippen LogP contribution in [0.15, 0.2) is 18.2 Å². The van der Waals surface area contributed by atoms with Crippen molar-refractivity contribution < 1.29 is 9.53 Å². The highest BCUT2D eigenvalue weighted by Crippen LogP contribution is 2.18. The molecular formula is C14H18N2O2. The molecule has 18 heavy (non-hydrogen) atoms. The fourth-order valence-electron chi connectivity index (χ4n) is 2.16. The fourth-order valence-corrected chi connectivity index (χ4v) is 2.16. The van der Waals surface area contributed by atoms with Crippen molar-refractivity contribution in [1.82, 2.24) is 9.97 Å². The largest absolute Gasteiger partial charge is 0.469 e. The summed E-state index contributed by atoms with van der Waals surface area (Å²) >= 11 is 0. The smallest absolute Gasteiger partial charge is 0.308 e. The number of carbonyl (C=O) groups is 1. The van der Waals surface area contributed by atoms with Gasteiger partial charge in [0, 0.05) is 0 Å². The molecule has 4 heteroatoms. The normalized spacial score (nSPS) is 12.6. The first-order valence-electron chi connectivity index (χ1n) is 6.17. The van der Waals surface area contributed by atoms with E-state index in [2.05, 4.69) is 16.0 Å². The van der Waals surface area contributed by atoms with Gasteiger partial charge >= 0.3 is 5.97 Å². The number of nitrogens with zero attached hydrogens (tertiary/aromatic N) is 1. The number of hydrogen-bond acceptors (Lipinski definition) is 3. The molecule has 1 unspecified atom stereocenters. The van der Waals surface area contributed by atoms with E-state index in [-0.39, 0.29) is 11.9 Å². The van der Waals surface area contributed by atoms with Gasteiger partial charge in [-0.2, -0.15) is 0 Å². The van der Waals surface area contributed by atoms with Crippen LogP contribution >= 0.6 is 0 Å². The molecule has 2 aromatic rings. The molecule has 0 saturated heterocycles. The Labute approximate surface area is 106 Å². The number of nitrogens with one attached hydrogen (secondary N) is 1. The third-order valence-electron chi connectivity index (χ3n) is 3.17. The van der Waals surface area contributed by atoms with Gasteiger partial charge < -0.3 is 9.72 Å². The van der Waals surface area contributed by atoms with Crippen molar-refractivity contribution in [3.63, 3.8) is 0 Å². The third kappa shape index (κ3) is 2.53. The quantitative estimate of drug-likeness (QED) is 0.844. The van der Waals surface area contributed by atoms with Crippen LogP contribution in [0.2, 0.25) is 0 Å². The fraction of sp³-hybridized carbons (Fsp3) is 0.429.